The van der Waals surface area contributed by atoms with Gasteiger partial charge in [-0.15, -0.1) is 5.10 Å². The highest BCUT2D eigenvalue weighted by Gasteiger charge is 2.17. The first-order chi connectivity index (χ1) is 8.26. The first-order valence-corrected chi connectivity index (χ1v) is 5.04. The van der Waals surface area contributed by atoms with E-state index in [4.69, 9.17) is 9.52 Å². The summed E-state index contributed by atoms with van der Waals surface area (Å²) in [5.41, 5.74) is 0.893. The zero-order chi connectivity index (χ0) is 12.3. The Bertz CT molecular complexity index is 504. The fraction of sp³-hybridized carbons (Fsp3) is 0.300. The van der Waals surface area contributed by atoms with E-state index in [0.29, 0.717) is 17.1 Å². The monoisotopic (exact) mass is 236 g/mol. The second kappa shape index (κ2) is 4.79. The van der Waals surface area contributed by atoms with Gasteiger partial charge >= 0.3 is 0 Å². The predicted octanol–water partition coefficient (Wildman–Crippen LogP) is -0.224. The third-order valence-corrected chi connectivity index (χ3v) is 2.28. The van der Waals surface area contributed by atoms with Crippen molar-refractivity contribution in [2.45, 2.75) is 13.2 Å². The van der Waals surface area contributed by atoms with Gasteiger partial charge in [-0.1, -0.05) is 5.21 Å². The number of hydrogen-bond donors (Lipinski definition) is 2. The van der Waals surface area contributed by atoms with Crippen LogP contribution in [-0.4, -0.2) is 33.1 Å². The molecule has 0 aliphatic rings. The smallest absolute Gasteiger partial charge is 0.241 e. The summed E-state index contributed by atoms with van der Waals surface area (Å²) in [6, 6.07) is 3.44. The minimum atomic E-state index is -0.260. The number of aromatic nitrogens is 3. The van der Waals surface area contributed by atoms with Gasteiger partial charge in [0.1, 0.15) is 17.9 Å². The maximum Gasteiger partial charge on any atom is 0.241 e. The number of amides is 1. The van der Waals surface area contributed by atoms with Gasteiger partial charge in [-0.2, -0.15) is 0 Å². The normalized spacial score (nSPS) is 10.5. The van der Waals surface area contributed by atoms with Crippen LogP contribution in [0.5, 0.6) is 0 Å². The van der Waals surface area contributed by atoms with Crippen molar-refractivity contribution in [2.75, 3.05) is 7.05 Å². The van der Waals surface area contributed by atoms with Crippen LogP contribution in [0.15, 0.2) is 22.8 Å². The van der Waals surface area contributed by atoms with Crippen molar-refractivity contribution in [1.29, 1.82) is 0 Å². The van der Waals surface area contributed by atoms with Crippen molar-refractivity contribution in [3.05, 3.63) is 24.1 Å². The van der Waals surface area contributed by atoms with Crippen molar-refractivity contribution < 1.29 is 14.3 Å². The zero-order valence-electron chi connectivity index (χ0n) is 9.25. The lowest BCUT2D eigenvalue weighted by molar-refractivity contribution is -0.121. The molecule has 2 heterocycles. The molecule has 0 radical (unpaired) electrons. The lowest BCUT2D eigenvalue weighted by atomic mass is 10.2. The van der Waals surface area contributed by atoms with E-state index in [1.54, 1.807) is 19.2 Å². The average molecular weight is 236 g/mol. The molecule has 2 aromatic rings. The molecule has 1 amide bonds. The van der Waals surface area contributed by atoms with Gasteiger partial charge in [0.25, 0.3) is 0 Å². The molecule has 0 unspecified atom stereocenters. The van der Waals surface area contributed by atoms with Crippen LogP contribution in [0.25, 0.3) is 11.5 Å². The second-order valence-corrected chi connectivity index (χ2v) is 3.35. The number of furan rings is 1. The minimum absolute atomic E-state index is 0.0273. The molecule has 90 valence electrons. The molecular formula is C10H12N4O3. The van der Waals surface area contributed by atoms with Gasteiger partial charge in [-0.25, -0.2) is 4.68 Å². The van der Waals surface area contributed by atoms with Crippen LogP contribution in [0, 0.1) is 0 Å². The second-order valence-electron chi connectivity index (χ2n) is 3.35. The Hall–Kier alpha value is -2.15. The zero-order valence-corrected chi connectivity index (χ0v) is 9.25. The van der Waals surface area contributed by atoms with Gasteiger partial charge in [0.15, 0.2) is 5.76 Å². The van der Waals surface area contributed by atoms with Crippen LogP contribution in [0.3, 0.4) is 0 Å². The van der Waals surface area contributed by atoms with Crippen molar-refractivity contribution in [3.63, 3.8) is 0 Å². The first kappa shape index (κ1) is 11.3. The number of carbonyl (C=O) groups is 1. The van der Waals surface area contributed by atoms with Crippen LogP contribution < -0.4 is 5.32 Å². The van der Waals surface area contributed by atoms with Crippen LogP contribution in [0.4, 0.5) is 0 Å². The third-order valence-electron chi connectivity index (χ3n) is 2.28. The number of rotatable bonds is 4. The Morgan fingerprint density at radius 2 is 2.47 bits per heavy atom. The lowest BCUT2D eigenvalue weighted by Crippen LogP contribution is -2.24. The van der Waals surface area contributed by atoms with E-state index in [0.717, 1.165) is 0 Å². The third kappa shape index (κ3) is 2.18. The number of carbonyl (C=O) groups excluding carboxylic acids is 1. The maximum atomic E-state index is 11.3. The lowest BCUT2D eigenvalue weighted by Gasteiger charge is -2.04. The molecule has 2 rings (SSSR count). The van der Waals surface area contributed by atoms with Gasteiger partial charge in [0.2, 0.25) is 5.91 Å². The van der Waals surface area contributed by atoms with E-state index in [1.165, 1.54) is 10.9 Å². The molecule has 7 heteroatoms. The number of nitrogens with zero attached hydrogens (tertiary/aromatic N) is 3. The molecule has 2 N–H and O–H groups in total. The minimum Gasteiger partial charge on any atom is -0.463 e. The summed E-state index contributed by atoms with van der Waals surface area (Å²) in [5.74, 6) is 0.315. The van der Waals surface area contributed by atoms with E-state index in [1.807, 2.05) is 0 Å². The van der Waals surface area contributed by atoms with Gasteiger partial charge in [0.05, 0.1) is 12.9 Å². The number of aliphatic hydroxyl groups excluding tert-OH is 1. The maximum absolute atomic E-state index is 11.3. The molecule has 7 nitrogen and oxygen atoms in total. The highest BCUT2D eigenvalue weighted by Crippen LogP contribution is 2.22. The average Bonchev–Trinajstić information content (AvgIpc) is 2.96. The molecule has 0 saturated carbocycles. The molecule has 17 heavy (non-hydrogen) atoms. The molecule has 0 spiro atoms. The number of likely N-dealkylation sites (N-methyl/N-ethyl adjacent to an activating group) is 1. The van der Waals surface area contributed by atoms with Crippen LogP contribution in [0.2, 0.25) is 0 Å². The van der Waals surface area contributed by atoms with Crippen LogP contribution in [0.1, 0.15) is 5.69 Å². The van der Waals surface area contributed by atoms with E-state index < -0.39 is 0 Å². The number of aliphatic hydroxyl groups is 1. The van der Waals surface area contributed by atoms with Crippen LogP contribution in [-0.2, 0) is 17.9 Å². The van der Waals surface area contributed by atoms with E-state index in [2.05, 4.69) is 15.6 Å². The first-order valence-electron chi connectivity index (χ1n) is 5.04. The summed E-state index contributed by atoms with van der Waals surface area (Å²) < 4.78 is 6.62. The van der Waals surface area contributed by atoms with Crippen molar-refractivity contribution in [3.8, 4) is 11.5 Å². The Kier molecular flexibility index (Phi) is 3.20. The Labute approximate surface area is 97.0 Å². The highest BCUT2D eigenvalue weighted by atomic mass is 16.3. The molecule has 0 saturated heterocycles. The largest absolute Gasteiger partial charge is 0.463 e. The topological polar surface area (TPSA) is 93.2 Å². The van der Waals surface area contributed by atoms with Gasteiger partial charge in [0, 0.05) is 7.05 Å². The number of nitrogens with one attached hydrogen (secondary N) is 1. The summed E-state index contributed by atoms with van der Waals surface area (Å²) in [4.78, 5) is 11.3. The van der Waals surface area contributed by atoms with Crippen molar-refractivity contribution in [1.82, 2.24) is 20.3 Å². The summed E-state index contributed by atoms with van der Waals surface area (Å²) in [5, 5.41) is 19.3. The molecule has 0 aliphatic heterocycles. The molecule has 0 fully saturated rings. The van der Waals surface area contributed by atoms with Crippen LogP contribution >= 0.6 is 0 Å². The SMILES string of the molecule is CNC(=O)Cn1nnc(CO)c1-c1ccco1. The molecule has 2 aromatic heterocycles. The Balaban J connectivity index is 2.40. The summed E-state index contributed by atoms with van der Waals surface area (Å²) in [6.45, 7) is -0.233. The van der Waals surface area contributed by atoms with E-state index >= 15 is 0 Å². The molecule has 0 aliphatic carbocycles. The van der Waals surface area contributed by atoms with Crippen molar-refractivity contribution >= 4 is 5.91 Å². The molecule has 0 atom stereocenters. The van der Waals surface area contributed by atoms with Gasteiger partial charge < -0.3 is 14.8 Å². The van der Waals surface area contributed by atoms with E-state index in [9.17, 15) is 4.79 Å². The molecule has 0 bridgehead atoms. The van der Waals surface area contributed by atoms with Gasteiger partial charge in [-0.05, 0) is 12.1 Å². The predicted molar refractivity (Wildman–Crippen MR) is 57.7 cm³/mol. The highest BCUT2D eigenvalue weighted by molar-refractivity contribution is 5.76. The summed E-state index contributed by atoms with van der Waals surface area (Å²) in [7, 11) is 1.54. The van der Waals surface area contributed by atoms with Crippen molar-refractivity contribution in [2.24, 2.45) is 0 Å². The molecule has 0 aromatic carbocycles. The Morgan fingerprint density at radius 1 is 1.65 bits per heavy atom. The fourth-order valence-electron chi connectivity index (χ4n) is 1.46. The quantitative estimate of drug-likeness (QED) is 0.765. The Morgan fingerprint density at radius 3 is 3.06 bits per heavy atom. The number of hydrogen-bond acceptors (Lipinski definition) is 5. The summed E-state index contributed by atoms with van der Waals surface area (Å²) in [6.07, 6.45) is 1.51. The van der Waals surface area contributed by atoms with E-state index in [-0.39, 0.29) is 19.1 Å². The standard InChI is InChI=1S/C10H12N4O3/c1-11-9(16)5-14-10(7(6-15)12-13-14)8-3-2-4-17-8/h2-4,15H,5-6H2,1H3,(H,11,16). The summed E-state index contributed by atoms with van der Waals surface area (Å²) >= 11 is 0. The molecular weight excluding hydrogens is 224 g/mol. The fourth-order valence-corrected chi connectivity index (χ4v) is 1.46. The van der Waals surface area contributed by atoms with Gasteiger partial charge in [-0.3, -0.25) is 4.79 Å².